The molecule has 0 bridgehead atoms. The Morgan fingerprint density at radius 1 is 1.29 bits per heavy atom. The molecule has 14 heavy (non-hydrogen) atoms. The molecular weight excluding hydrogens is 197 g/mol. The molecule has 0 aliphatic heterocycles. The monoisotopic (exact) mass is 207 g/mol. The van der Waals surface area contributed by atoms with E-state index in [-0.39, 0.29) is 5.82 Å². The van der Waals surface area contributed by atoms with E-state index in [1.54, 1.807) is 17.4 Å². The Bertz CT molecular complexity index is 462. The summed E-state index contributed by atoms with van der Waals surface area (Å²) >= 11 is 1.61. The van der Waals surface area contributed by atoms with Crippen molar-refractivity contribution in [1.82, 2.24) is 4.98 Å². The van der Waals surface area contributed by atoms with Gasteiger partial charge >= 0.3 is 0 Å². The van der Waals surface area contributed by atoms with Crippen LogP contribution in [0.5, 0.6) is 0 Å². The molecule has 2 rings (SSSR count). The molecule has 0 aliphatic rings. The molecule has 0 fully saturated rings. The van der Waals surface area contributed by atoms with Crippen LogP contribution < -0.4 is 0 Å². The van der Waals surface area contributed by atoms with E-state index in [9.17, 15) is 4.39 Å². The first-order chi connectivity index (χ1) is 6.66. The average Bonchev–Trinajstić information content (AvgIpc) is 2.51. The minimum absolute atomic E-state index is 0.196. The number of hydrogen-bond donors (Lipinski definition) is 0. The Hall–Kier alpha value is -1.22. The molecule has 0 spiro atoms. The highest BCUT2D eigenvalue weighted by Crippen LogP contribution is 2.25. The van der Waals surface area contributed by atoms with Gasteiger partial charge in [0.25, 0.3) is 0 Å². The third-order valence-electron chi connectivity index (χ3n) is 2.08. The van der Waals surface area contributed by atoms with E-state index in [0.29, 0.717) is 0 Å². The minimum atomic E-state index is -0.196. The summed E-state index contributed by atoms with van der Waals surface area (Å²) in [5.74, 6) is -0.196. The molecule has 2 aromatic rings. The lowest BCUT2D eigenvalue weighted by molar-refractivity contribution is 0.627. The van der Waals surface area contributed by atoms with Crippen LogP contribution in [0, 0.1) is 19.7 Å². The van der Waals surface area contributed by atoms with E-state index < -0.39 is 0 Å². The van der Waals surface area contributed by atoms with Crippen molar-refractivity contribution < 1.29 is 4.39 Å². The van der Waals surface area contributed by atoms with E-state index in [0.717, 1.165) is 21.8 Å². The Morgan fingerprint density at radius 3 is 2.64 bits per heavy atom. The van der Waals surface area contributed by atoms with Crippen molar-refractivity contribution in [3.8, 4) is 11.3 Å². The first-order valence-corrected chi connectivity index (χ1v) is 5.23. The van der Waals surface area contributed by atoms with Crippen LogP contribution in [0.4, 0.5) is 4.39 Å². The summed E-state index contributed by atoms with van der Waals surface area (Å²) in [5.41, 5.74) is 2.87. The van der Waals surface area contributed by atoms with E-state index in [1.165, 1.54) is 12.1 Å². The molecule has 1 heterocycles. The number of benzene rings is 1. The number of halogens is 1. The maximum Gasteiger partial charge on any atom is 0.123 e. The van der Waals surface area contributed by atoms with Gasteiger partial charge in [0.1, 0.15) is 5.82 Å². The predicted octanol–water partition coefficient (Wildman–Crippen LogP) is 3.57. The molecule has 0 radical (unpaired) electrons. The summed E-state index contributed by atoms with van der Waals surface area (Å²) in [6.07, 6.45) is 0. The second-order valence-corrected chi connectivity index (χ2v) is 4.27. The summed E-state index contributed by atoms with van der Waals surface area (Å²) in [7, 11) is 0. The van der Waals surface area contributed by atoms with Crippen molar-refractivity contribution in [3.05, 3.63) is 40.0 Å². The number of nitrogens with zero attached hydrogens (tertiary/aromatic N) is 1. The van der Waals surface area contributed by atoms with Gasteiger partial charge in [-0.25, -0.2) is 9.37 Å². The number of aryl methyl sites for hydroxylation is 2. The van der Waals surface area contributed by atoms with Gasteiger partial charge < -0.3 is 0 Å². The van der Waals surface area contributed by atoms with Gasteiger partial charge in [0, 0.05) is 10.9 Å². The molecule has 3 heteroatoms. The maximum absolute atomic E-state index is 12.9. The van der Waals surface area contributed by atoms with E-state index in [4.69, 9.17) is 0 Å². The molecule has 0 saturated carbocycles. The molecule has 72 valence electrons. The zero-order valence-corrected chi connectivity index (χ0v) is 8.86. The van der Waals surface area contributed by atoms with Crippen molar-refractivity contribution >= 4 is 11.3 Å². The van der Waals surface area contributed by atoms with Crippen LogP contribution >= 0.6 is 11.3 Å². The fourth-order valence-corrected chi connectivity index (χ4v) is 2.01. The predicted molar refractivity (Wildman–Crippen MR) is 57.0 cm³/mol. The zero-order valence-electron chi connectivity index (χ0n) is 8.04. The first kappa shape index (κ1) is 9.34. The molecule has 0 atom stereocenters. The molecule has 0 N–H and O–H groups in total. The van der Waals surface area contributed by atoms with Gasteiger partial charge in [0.2, 0.25) is 0 Å². The van der Waals surface area contributed by atoms with Crippen molar-refractivity contribution in [1.29, 1.82) is 0 Å². The molecule has 0 amide bonds. The van der Waals surface area contributed by atoms with Gasteiger partial charge in [-0.2, -0.15) is 0 Å². The van der Waals surface area contributed by atoms with Crippen LogP contribution in [0.2, 0.25) is 0 Å². The minimum Gasteiger partial charge on any atom is -0.242 e. The highest BCUT2D eigenvalue weighted by Gasteiger charge is 2.05. The number of aromatic nitrogens is 1. The number of thiazole rings is 1. The molecule has 0 unspecified atom stereocenters. The lowest BCUT2D eigenvalue weighted by atomic mass is 10.1. The van der Waals surface area contributed by atoms with Gasteiger partial charge in [0.05, 0.1) is 10.7 Å². The normalized spacial score (nSPS) is 10.5. The van der Waals surface area contributed by atoms with Gasteiger partial charge in [-0.15, -0.1) is 11.3 Å². The molecule has 0 saturated heterocycles. The van der Waals surface area contributed by atoms with Crippen LogP contribution in [0.3, 0.4) is 0 Å². The third kappa shape index (κ3) is 1.68. The van der Waals surface area contributed by atoms with E-state index in [1.807, 2.05) is 19.2 Å². The summed E-state index contributed by atoms with van der Waals surface area (Å²) in [4.78, 5) is 4.37. The zero-order chi connectivity index (χ0) is 10.1. The van der Waals surface area contributed by atoms with Crippen LogP contribution in [0.25, 0.3) is 11.3 Å². The number of hydrogen-bond acceptors (Lipinski definition) is 2. The smallest absolute Gasteiger partial charge is 0.123 e. The molecule has 1 nitrogen and oxygen atoms in total. The van der Waals surface area contributed by atoms with Crippen LogP contribution in [-0.2, 0) is 0 Å². The molecular formula is C11H10FNS. The quantitative estimate of drug-likeness (QED) is 0.696. The lowest BCUT2D eigenvalue weighted by Gasteiger charge is -2.01. The summed E-state index contributed by atoms with van der Waals surface area (Å²) < 4.78 is 12.9. The van der Waals surface area contributed by atoms with Gasteiger partial charge in [-0.3, -0.25) is 0 Å². The highest BCUT2D eigenvalue weighted by atomic mass is 32.1. The maximum atomic E-state index is 12.9. The largest absolute Gasteiger partial charge is 0.242 e. The van der Waals surface area contributed by atoms with Crippen molar-refractivity contribution in [3.63, 3.8) is 0 Å². The Kier molecular flexibility index (Phi) is 2.33. The highest BCUT2D eigenvalue weighted by molar-refractivity contribution is 7.09. The fourth-order valence-electron chi connectivity index (χ4n) is 1.40. The van der Waals surface area contributed by atoms with Crippen molar-refractivity contribution in [2.24, 2.45) is 0 Å². The van der Waals surface area contributed by atoms with Crippen molar-refractivity contribution in [2.75, 3.05) is 0 Å². The second-order valence-electron chi connectivity index (χ2n) is 3.21. The topological polar surface area (TPSA) is 12.9 Å². The summed E-state index contributed by atoms with van der Waals surface area (Å²) in [5, 5.41) is 3.03. The molecule has 1 aromatic heterocycles. The Balaban J connectivity index is 2.52. The molecule has 0 aliphatic carbocycles. The third-order valence-corrected chi connectivity index (χ3v) is 2.86. The Labute approximate surface area is 86.2 Å². The van der Waals surface area contributed by atoms with Gasteiger partial charge in [-0.05, 0) is 37.6 Å². The second kappa shape index (κ2) is 3.50. The standard InChI is InChI=1S/C11H10FNS/c1-7-5-9(12)3-4-10(7)11-6-14-8(2)13-11/h3-6H,1-2H3. The summed E-state index contributed by atoms with van der Waals surface area (Å²) in [6, 6.07) is 4.78. The van der Waals surface area contributed by atoms with E-state index >= 15 is 0 Å². The van der Waals surface area contributed by atoms with Crippen LogP contribution in [-0.4, -0.2) is 4.98 Å². The van der Waals surface area contributed by atoms with Crippen LogP contribution in [0.15, 0.2) is 23.6 Å². The van der Waals surface area contributed by atoms with Crippen molar-refractivity contribution in [2.45, 2.75) is 13.8 Å². The Morgan fingerprint density at radius 2 is 2.07 bits per heavy atom. The van der Waals surface area contributed by atoms with Gasteiger partial charge in [-0.1, -0.05) is 0 Å². The fraction of sp³-hybridized carbons (Fsp3) is 0.182. The lowest BCUT2D eigenvalue weighted by Crippen LogP contribution is -1.85. The SMILES string of the molecule is Cc1nc(-c2ccc(F)cc2C)cs1. The van der Waals surface area contributed by atoms with Gasteiger partial charge in [0.15, 0.2) is 0 Å². The average molecular weight is 207 g/mol. The summed E-state index contributed by atoms with van der Waals surface area (Å²) in [6.45, 7) is 3.86. The van der Waals surface area contributed by atoms with Crippen LogP contribution in [0.1, 0.15) is 10.6 Å². The van der Waals surface area contributed by atoms with E-state index in [2.05, 4.69) is 4.98 Å². The number of rotatable bonds is 1. The first-order valence-electron chi connectivity index (χ1n) is 4.35. The molecule has 1 aromatic carbocycles.